The number of imide groups is 1. The van der Waals surface area contributed by atoms with E-state index in [1.165, 1.54) is 6.92 Å². The zero-order chi connectivity index (χ0) is 17.0. The Labute approximate surface area is 138 Å². The molecule has 1 aromatic carbocycles. The van der Waals surface area contributed by atoms with E-state index in [2.05, 4.69) is 0 Å². The second-order valence-electron chi connectivity index (χ2n) is 4.75. The van der Waals surface area contributed by atoms with Crippen LogP contribution in [0.3, 0.4) is 0 Å². The fourth-order valence-corrected chi connectivity index (χ4v) is 2.94. The van der Waals surface area contributed by atoms with Crippen molar-refractivity contribution in [1.29, 1.82) is 0 Å². The number of hydrogen-bond donors (Lipinski definition) is 0. The van der Waals surface area contributed by atoms with Crippen LogP contribution in [0.2, 0.25) is 0 Å². The quantitative estimate of drug-likeness (QED) is 0.608. The Kier molecular flexibility index (Phi) is 5.44. The number of carbonyl (C=O) groups excluding carboxylic acids is 3. The predicted octanol–water partition coefficient (Wildman–Crippen LogP) is 2.68. The van der Waals surface area contributed by atoms with Crippen LogP contribution in [0.15, 0.2) is 29.2 Å². The van der Waals surface area contributed by atoms with Gasteiger partial charge in [-0.05, 0) is 49.4 Å². The number of nitrogens with zero attached hydrogens (tertiary/aromatic N) is 1. The number of esters is 1. The van der Waals surface area contributed by atoms with Crippen molar-refractivity contribution in [1.82, 2.24) is 4.90 Å². The van der Waals surface area contributed by atoms with Gasteiger partial charge in [0.05, 0.1) is 18.6 Å². The minimum Gasteiger partial charge on any atom is -0.497 e. The molecule has 0 aliphatic carbocycles. The number of carbonyl (C=O) groups is 3. The van der Waals surface area contributed by atoms with Crippen molar-refractivity contribution in [2.75, 3.05) is 13.7 Å². The molecule has 1 fully saturated rings. The Morgan fingerprint density at radius 2 is 1.96 bits per heavy atom. The molecule has 7 heteroatoms. The van der Waals surface area contributed by atoms with Crippen LogP contribution >= 0.6 is 11.8 Å². The fourth-order valence-electron chi connectivity index (χ4n) is 2.03. The second kappa shape index (κ2) is 7.32. The number of methoxy groups -OCH3 is 1. The van der Waals surface area contributed by atoms with Crippen LogP contribution in [0.5, 0.6) is 5.75 Å². The van der Waals surface area contributed by atoms with Gasteiger partial charge in [-0.1, -0.05) is 12.1 Å². The summed E-state index contributed by atoms with van der Waals surface area (Å²) in [5, 5.41) is -0.477. The van der Waals surface area contributed by atoms with E-state index in [9.17, 15) is 14.4 Å². The normalized spacial score (nSPS) is 17.5. The first-order valence-electron chi connectivity index (χ1n) is 7.05. The van der Waals surface area contributed by atoms with Crippen LogP contribution in [-0.4, -0.2) is 41.8 Å². The molecule has 1 aliphatic rings. The molecule has 122 valence electrons. The van der Waals surface area contributed by atoms with Gasteiger partial charge in [-0.2, -0.15) is 0 Å². The molecule has 1 heterocycles. The Morgan fingerprint density at radius 3 is 2.52 bits per heavy atom. The van der Waals surface area contributed by atoms with Crippen molar-refractivity contribution in [3.8, 4) is 5.75 Å². The second-order valence-corrected chi connectivity index (χ2v) is 5.75. The van der Waals surface area contributed by atoms with Gasteiger partial charge < -0.3 is 9.47 Å². The fraction of sp³-hybridized carbons (Fsp3) is 0.312. The van der Waals surface area contributed by atoms with Gasteiger partial charge >= 0.3 is 5.97 Å². The summed E-state index contributed by atoms with van der Waals surface area (Å²) in [7, 11) is 1.57. The Hall–Kier alpha value is -2.28. The molecule has 1 atom stereocenters. The third-order valence-corrected chi connectivity index (χ3v) is 4.14. The molecule has 0 bridgehead atoms. The number of hydrogen-bond acceptors (Lipinski definition) is 6. The maximum absolute atomic E-state index is 12.4. The maximum Gasteiger partial charge on any atom is 0.329 e. The van der Waals surface area contributed by atoms with Crippen molar-refractivity contribution in [3.63, 3.8) is 0 Å². The van der Waals surface area contributed by atoms with Gasteiger partial charge in [0.25, 0.3) is 11.1 Å². The molecule has 0 aromatic heterocycles. The van der Waals surface area contributed by atoms with Crippen LogP contribution in [0.4, 0.5) is 4.79 Å². The van der Waals surface area contributed by atoms with Gasteiger partial charge in [-0.25, -0.2) is 4.79 Å². The van der Waals surface area contributed by atoms with Gasteiger partial charge in [0, 0.05) is 0 Å². The van der Waals surface area contributed by atoms with Crippen LogP contribution in [0.1, 0.15) is 19.4 Å². The third kappa shape index (κ3) is 3.73. The summed E-state index contributed by atoms with van der Waals surface area (Å²) < 4.78 is 9.93. The molecule has 6 nitrogen and oxygen atoms in total. The van der Waals surface area contributed by atoms with E-state index >= 15 is 0 Å². The lowest BCUT2D eigenvalue weighted by atomic mass is 10.2. The number of thioether (sulfide) groups is 1. The summed E-state index contributed by atoms with van der Waals surface area (Å²) in [4.78, 5) is 37.4. The lowest BCUT2D eigenvalue weighted by Gasteiger charge is -2.19. The highest BCUT2D eigenvalue weighted by molar-refractivity contribution is 8.18. The maximum atomic E-state index is 12.4. The number of benzene rings is 1. The molecule has 1 aromatic rings. The first-order valence-corrected chi connectivity index (χ1v) is 7.87. The molecule has 0 saturated carbocycles. The molecular formula is C16H17NO5S. The molecular weight excluding hydrogens is 318 g/mol. The number of amides is 2. The summed E-state index contributed by atoms with van der Waals surface area (Å²) in [6.07, 6.45) is 1.61. The van der Waals surface area contributed by atoms with Gasteiger partial charge in [0.2, 0.25) is 0 Å². The first kappa shape index (κ1) is 17.1. The zero-order valence-corrected chi connectivity index (χ0v) is 13.9. The van der Waals surface area contributed by atoms with Crippen LogP contribution in [-0.2, 0) is 14.3 Å². The molecule has 23 heavy (non-hydrogen) atoms. The largest absolute Gasteiger partial charge is 0.497 e. The molecule has 0 radical (unpaired) electrons. The minimum atomic E-state index is -0.941. The standard InChI is InChI=1S/C16H17NO5S/c1-4-22-15(19)10(2)17-14(18)13(23-16(17)20)9-11-5-7-12(21-3)8-6-11/h5-10H,4H2,1-3H3. The van der Waals surface area contributed by atoms with Gasteiger partial charge in [0.15, 0.2) is 0 Å². The van der Waals surface area contributed by atoms with E-state index in [0.29, 0.717) is 5.75 Å². The van der Waals surface area contributed by atoms with Gasteiger partial charge in [-0.15, -0.1) is 0 Å². The SMILES string of the molecule is CCOC(=O)C(C)N1C(=O)SC(=Cc2ccc(OC)cc2)C1=O. The monoisotopic (exact) mass is 335 g/mol. The Balaban J connectivity index is 2.19. The average Bonchev–Trinajstić information content (AvgIpc) is 2.81. The molecule has 1 saturated heterocycles. The average molecular weight is 335 g/mol. The van der Waals surface area contributed by atoms with E-state index in [1.54, 1.807) is 44.4 Å². The predicted molar refractivity (Wildman–Crippen MR) is 86.9 cm³/mol. The number of rotatable bonds is 5. The van der Waals surface area contributed by atoms with E-state index in [1.807, 2.05) is 0 Å². The van der Waals surface area contributed by atoms with Crippen LogP contribution < -0.4 is 4.74 Å². The van der Waals surface area contributed by atoms with Crippen molar-refractivity contribution < 1.29 is 23.9 Å². The van der Waals surface area contributed by atoms with Crippen molar-refractivity contribution in [3.05, 3.63) is 34.7 Å². The van der Waals surface area contributed by atoms with Crippen LogP contribution in [0, 0.1) is 0 Å². The topological polar surface area (TPSA) is 72.9 Å². The smallest absolute Gasteiger partial charge is 0.329 e. The van der Waals surface area contributed by atoms with E-state index in [-0.39, 0.29) is 11.5 Å². The Morgan fingerprint density at radius 1 is 1.30 bits per heavy atom. The highest BCUT2D eigenvalue weighted by atomic mass is 32.2. The summed E-state index contributed by atoms with van der Waals surface area (Å²) in [6, 6.07) is 6.14. The molecule has 1 unspecified atom stereocenters. The molecule has 2 rings (SSSR count). The summed E-state index contributed by atoms with van der Waals surface area (Å²) >= 11 is 0.810. The van der Waals surface area contributed by atoms with Gasteiger partial charge in [-0.3, -0.25) is 14.5 Å². The zero-order valence-electron chi connectivity index (χ0n) is 13.1. The summed E-state index contributed by atoms with van der Waals surface area (Å²) in [5.74, 6) is -0.386. The van der Waals surface area contributed by atoms with Crippen molar-refractivity contribution in [2.24, 2.45) is 0 Å². The number of ether oxygens (including phenoxy) is 2. The molecule has 0 N–H and O–H groups in total. The summed E-state index contributed by atoms with van der Waals surface area (Å²) in [6.45, 7) is 3.34. The van der Waals surface area contributed by atoms with E-state index in [4.69, 9.17) is 9.47 Å². The molecule has 2 amide bonds. The lowest BCUT2D eigenvalue weighted by Crippen LogP contribution is -2.42. The minimum absolute atomic E-state index is 0.196. The van der Waals surface area contributed by atoms with Gasteiger partial charge in [0.1, 0.15) is 11.8 Å². The molecule has 0 spiro atoms. The van der Waals surface area contributed by atoms with E-state index in [0.717, 1.165) is 22.2 Å². The van der Waals surface area contributed by atoms with Crippen LogP contribution in [0.25, 0.3) is 6.08 Å². The summed E-state index contributed by atoms with van der Waals surface area (Å²) in [5.41, 5.74) is 0.764. The van der Waals surface area contributed by atoms with E-state index < -0.39 is 23.2 Å². The van der Waals surface area contributed by atoms with Crippen molar-refractivity contribution in [2.45, 2.75) is 19.9 Å². The first-order chi connectivity index (χ1) is 11.0. The highest BCUT2D eigenvalue weighted by Gasteiger charge is 2.41. The lowest BCUT2D eigenvalue weighted by molar-refractivity contribution is -0.150. The molecule has 1 aliphatic heterocycles. The Bertz CT molecular complexity index is 653. The van der Waals surface area contributed by atoms with Crippen molar-refractivity contribution >= 4 is 35.0 Å². The third-order valence-electron chi connectivity index (χ3n) is 3.25. The highest BCUT2D eigenvalue weighted by Crippen LogP contribution is 2.34.